The average molecular weight is 194 g/mol. The van der Waals surface area contributed by atoms with E-state index in [1.54, 1.807) is 0 Å². The van der Waals surface area contributed by atoms with E-state index in [9.17, 15) is 0 Å². The van der Waals surface area contributed by atoms with Crippen LogP contribution in [0.25, 0.3) is 0 Å². The van der Waals surface area contributed by atoms with E-state index in [2.05, 4.69) is 17.3 Å². The largest absolute Gasteiger partial charge is 0.317 e. The Kier molecular flexibility index (Phi) is 2.10. The van der Waals surface area contributed by atoms with Gasteiger partial charge in [-0.25, -0.2) is 0 Å². The zero-order valence-electron chi connectivity index (χ0n) is 9.26. The molecule has 0 radical (unpaired) electrons. The molecule has 0 bridgehead atoms. The molecule has 2 nitrogen and oxygen atoms in total. The molecule has 0 amide bonds. The first-order chi connectivity index (χ1) is 6.80. The maximum atomic E-state index is 3.48. The highest BCUT2D eigenvalue weighted by atomic mass is 15.2. The highest BCUT2D eigenvalue weighted by Crippen LogP contribution is 2.58. The molecule has 2 aliphatic carbocycles. The van der Waals surface area contributed by atoms with Gasteiger partial charge in [-0.1, -0.05) is 0 Å². The van der Waals surface area contributed by atoms with Crippen LogP contribution in [0, 0.1) is 11.3 Å². The molecule has 1 N–H and O–H groups in total. The summed E-state index contributed by atoms with van der Waals surface area (Å²) in [5, 5.41) is 3.48. The van der Waals surface area contributed by atoms with Crippen LogP contribution in [0.15, 0.2) is 0 Å². The van der Waals surface area contributed by atoms with Crippen molar-refractivity contribution in [1.29, 1.82) is 0 Å². The standard InChI is InChI=1S/C12H22N2/c1-14(11-2-3-11)9-10-8-12(10)4-6-13-7-5-12/h10-11,13H,2-9H2,1H3. The molecule has 1 saturated heterocycles. The molecule has 14 heavy (non-hydrogen) atoms. The van der Waals surface area contributed by atoms with Gasteiger partial charge in [0.25, 0.3) is 0 Å². The lowest BCUT2D eigenvalue weighted by Gasteiger charge is -2.25. The van der Waals surface area contributed by atoms with E-state index in [1.165, 1.54) is 51.7 Å². The Hall–Kier alpha value is -0.0800. The average Bonchev–Trinajstić information content (AvgIpc) is 3.06. The Labute approximate surface area is 87.0 Å². The molecule has 1 unspecified atom stereocenters. The van der Waals surface area contributed by atoms with Gasteiger partial charge in [-0.3, -0.25) is 0 Å². The lowest BCUT2D eigenvalue weighted by molar-refractivity contribution is 0.256. The lowest BCUT2D eigenvalue weighted by atomic mass is 9.92. The first kappa shape index (κ1) is 9.17. The SMILES string of the molecule is CN(CC1CC12CCNCC2)C1CC1. The fourth-order valence-corrected chi connectivity index (χ4v) is 3.24. The van der Waals surface area contributed by atoms with Gasteiger partial charge in [-0.15, -0.1) is 0 Å². The molecule has 1 heterocycles. The van der Waals surface area contributed by atoms with E-state index in [-0.39, 0.29) is 0 Å². The van der Waals surface area contributed by atoms with Gasteiger partial charge in [0.15, 0.2) is 0 Å². The van der Waals surface area contributed by atoms with Gasteiger partial charge in [0.1, 0.15) is 0 Å². The second-order valence-corrected chi connectivity index (χ2v) is 5.68. The minimum atomic E-state index is 0.786. The molecule has 80 valence electrons. The molecule has 3 rings (SSSR count). The Morgan fingerprint density at radius 3 is 2.64 bits per heavy atom. The fourth-order valence-electron chi connectivity index (χ4n) is 3.24. The summed E-state index contributed by atoms with van der Waals surface area (Å²) in [5.41, 5.74) is 0.786. The third-order valence-electron chi connectivity index (χ3n) is 4.64. The van der Waals surface area contributed by atoms with E-state index >= 15 is 0 Å². The van der Waals surface area contributed by atoms with Crippen molar-refractivity contribution in [3.05, 3.63) is 0 Å². The van der Waals surface area contributed by atoms with Crippen LogP contribution < -0.4 is 5.32 Å². The van der Waals surface area contributed by atoms with Crippen LogP contribution in [0.2, 0.25) is 0 Å². The summed E-state index contributed by atoms with van der Waals surface area (Å²) >= 11 is 0. The lowest BCUT2D eigenvalue weighted by Crippen LogP contribution is -2.32. The quantitative estimate of drug-likeness (QED) is 0.732. The van der Waals surface area contributed by atoms with Crippen LogP contribution in [0.4, 0.5) is 0 Å². The van der Waals surface area contributed by atoms with Crippen molar-refractivity contribution in [3.8, 4) is 0 Å². The second kappa shape index (κ2) is 3.21. The second-order valence-electron chi connectivity index (χ2n) is 5.68. The van der Waals surface area contributed by atoms with Crippen molar-refractivity contribution in [2.24, 2.45) is 11.3 Å². The van der Waals surface area contributed by atoms with Gasteiger partial charge in [0.05, 0.1) is 0 Å². The number of hydrogen-bond acceptors (Lipinski definition) is 2. The Morgan fingerprint density at radius 1 is 1.29 bits per heavy atom. The first-order valence-electron chi connectivity index (χ1n) is 6.21. The van der Waals surface area contributed by atoms with Crippen molar-refractivity contribution in [2.45, 2.75) is 38.1 Å². The van der Waals surface area contributed by atoms with Crippen LogP contribution in [-0.2, 0) is 0 Å². The van der Waals surface area contributed by atoms with Gasteiger partial charge in [-0.2, -0.15) is 0 Å². The van der Waals surface area contributed by atoms with E-state index in [0.29, 0.717) is 0 Å². The minimum absolute atomic E-state index is 0.786. The maximum Gasteiger partial charge on any atom is 0.00934 e. The molecule has 0 aromatic heterocycles. The molecule has 2 heteroatoms. The highest BCUT2D eigenvalue weighted by Gasteiger charge is 2.54. The predicted octanol–water partition coefficient (Wildman–Crippen LogP) is 1.47. The molecule has 1 atom stereocenters. The maximum absolute atomic E-state index is 3.48. The zero-order valence-corrected chi connectivity index (χ0v) is 9.26. The summed E-state index contributed by atoms with van der Waals surface area (Å²) in [6.07, 6.45) is 7.31. The fraction of sp³-hybridized carbons (Fsp3) is 1.00. The number of rotatable bonds is 3. The first-order valence-corrected chi connectivity index (χ1v) is 6.21. The summed E-state index contributed by atoms with van der Waals surface area (Å²) in [5.74, 6) is 1.04. The van der Waals surface area contributed by atoms with Crippen molar-refractivity contribution in [3.63, 3.8) is 0 Å². The molecule has 0 aromatic carbocycles. The van der Waals surface area contributed by atoms with Crippen LogP contribution >= 0.6 is 0 Å². The Morgan fingerprint density at radius 2 is 2.00 bits per heavy atom. The molecule has 1 aliphatic heterocycles. The van der Waals surface area contributed by atoms with E-state index in [1.807, 2.05) is 0 Å². The van der Waals surface area contributed by atoms with Crippen LogP contribution in [0.1, 0.15) is 32.1 Å². The van der Waals surface area contributed by atoms with E-state index in [4.69, 9.17) is 0 Å². The number of piperidine rings is 1. The van der Waals surface area contributed by atoms with Crippen molar-refractivity contribution < 1.29 is 0 Å². The summed E-state index contributed by atoms with van der Waals surface area (Å²) in [4.78, 5) is 2.61. The molecular formula is C12H22N2. The molecule has 3 fully saturated rings. The topological polar surface area (TPSA) is 15.3 Å². The van der Waals surface area contributed by atoms with Gasteiger partial charge in [0, 0.05) is 12.6 Å². The molecule has 1 spiro atoms. The molecule has 0 aromatic rings. The van der Waals surface area contributed by atoms with Crippen LogP contribution in [0.5, 0.6) is 0 Å². The Balaban J connectivity index is 1.51. The Bertz CT molecular complexity index is 216. The van der Waals surface area contributed by atoms with E-state index in [0.717, 1.165) is 17.4 Å². The summed E-state index contributed by atoms with van der Waals surface area (Å²) in [6, 6.07) is 0.953. The van der Waals surface area contributed by atoms with Gasteiger partial charge in [0.2, 0.25) is 0 Å². The smallest absolute Gasteiger partial charge is 0.00934 e. The van der Waals surface area contributed by atoms with Crippen LogP contribution in [0.3, 0.4) is 0 Å². The molecule has 3 aliphatic rings. The predicted molar refractivity (Wildman–Crippen MR) is 58.3 cm³/mol. The van der Waals surface area contributed by atoms with Crippen molar-refractivity contribution >= 4 is 0 Å². The minimum Gasteiger partial charge on any atom is -0.317 e. The third-order valence-corrected chi connectivity index (χ3v) is 4.64. The highest BCUT2D eigenvalue weighted by molar-refractivity contribution is 5.05. The number of nitrogens with zero attached hydrogens (tertiary/aromatic N) is 1. The van der Waals surface area contributed by atoms with Gasteiger partial charge >= 0.3 is 0 Å². The summed E-state index contributed by atoms with van der Waals surface area (Å²) in [7, 11) is 2.32. The molecular weight excluding hydrogens is 172 g/mol. The molecule has 2 saturated carbocycles. The van der Waals surface area contributed by atoms with Crippen molar-refractivity contribution in [1.82, 2.24) is 10.2 Å². The number of hydrogen-bond donors (Lipinski definition) is 1. The normalized spacial score (nSPS) is 35.1. The van der Waals surface area contributed by atoms with Crippen molar-refractivity contribution in [2.75, 3.05) is 26.7 Å². The third kappa shape index (κ3) is 1.59. The van der Waals surface area contributed by atoms with Gasteiger partial charge < -0.3 is 10.2 Å². The zero-order chi connectivity index (χ0) is 9.60. The summed E-state index contributed by atoms with van der Waals surface area (Å²) < 4.78 is 0. The van der Waals surface area contributed by atoms with Crippen LogP contribution in [-0.4, -0.2) is 37.6 Å². The summed E-state index contributed by atoms with van der Waals surface area (Å²) in [6.45, 7) is 3.91. The van der Waals surface area contributed by atoms with E-state index < -0.39 is 0 Å². The monoisotopic (exact) mass is 194 g/mol. The number of nitrogens with one attached hydrogen (secondary N) is 1. The van der Waals surface area contributed by atoms with Gasteiger partial charge in [-0.05, 0) is 63.6 Å².